The van der Waals surface area contributed by atoms with Crippen molar-refractivity contribution < 1.29 is 28.7 Å². The molecule has 10 nitrogen and oxygen atoms in total. The number of rotatable bonds is 6. The van der Waals surface area contributed by atoms with Crippen molar-refractivity contribution >= 4 is 23.3 Å². The maximum absolute atomic E-state index is 12.3. The number of esters is 1. The molecule has 2 aliphatic heterocycles. The first-order valence-corrected chi connectivity index (χ1v) is 8.65. The SMILES string of the molecule is COC(=O)c1cc2c(cc1[N+](=O)[O-])OCC(=O)N2CCCN1CCOCC1. The van der Waals surface area contributed by atoms with E-state index in [9.17, 15) is 19.7 Å². The minimum atomic E-state index is -0.837. The summed E-state index contributed by atoms with van der Waals surface area (Å²) in [5.74, 6) is -0.884. The van der Waals surface area contributed by atoms with Crippen LogP contribution in [0, 0.1) is 10.1 Å². The van der Waals surface area contributed by atoms with Gasteiger partial charge < -0.3 is 19.1 Å². The molecule has 1 aromatic carbocycles. The second-order valence-corrected chi connectivity index (χ2v) is 6.23. The minimum absolute atomic E-state index is 0.195. The molecule has 0 N–H and O–H groups in total. The highest BCUT2D eigenvalue weighted by molar-refractivity contribution is 6.02. The second kappa shape index (κ2) is 8.31. The van der Waals surface area contributed by atoms with Crippen LogP contribution in [0.2, 0.25) is 0 Å². The van der Waals surface area contributed by atoms with Crippen LogP contribution in [-0.4, -0.2) is 74.8 Å². The van der Waals surface area contributed by atoms with Crippen LogP contribution in [0.5, 0.6) is 5.75 Å². The number of nitro benzene ring substituents is 1. The van der Waals surface area contributed by atoms with Crippen LogP contribution in [0.1, 0.15) is 16.8 Å². The zero-order chi connectivity index (χ0) is 19.4. The van der Waals surface area contributed by atoms with Crippen molar-refractivity contribution in [1.82, 2.24) is 4.90 Å². The predicted octanol–water partition coefficient (Wildman–Crippen LogP) is 0.829. The van der Waals surface area contributed by atoms with Crippen molar-refractivity contribution in [2.75, 3.05) is 58.0 Å². The molecule has 0 spiro atoms. The maximum Gasteiger partial charge on any atom is 0.344 e. The molecular weight excluding hydrogens is 358 g/mol. The average Bonchev–Trinajstić information content (AvgIpc) is 2.68. The molecule has 27 heavy (non-hydrogen) atoms. The molecule has 2 heterocycles. The molecule has 146 valence electrons. The van der Waals surface area contributed by atoms with Gasteiger partial charge in [-0.05, 0) is 12.5 Å². The Morgan fingerprint density at radius 3 is 2.70 bits per heavy atom. The first-order chi connectivity index (χ1) is 13.0. The van der Waals surface area contributed by atoms with Gasteiger partial charge in [-0.25, -0.2) is 4.79 Å². The Hall–Kier alpha value is -2.72. The number of nitro groups is 1. The molecule has 0 atom stereocenters. The molecule has 1 saturated heterocycles. The fourth-order valence-corrected chi connectivity index (χ4v) is 3.18. The fraction of sp³-hybridized carbons (Fsp3) is 0.529. The molecule has 2 aliphatic rings. The highest BCUT2D eigenvalue weighted by Gasteiger charge is 2.32. The predicted molar refractivity (Wildman–Crippen MR) is 94.2 cm³/mol. The van der Waals surface area contributed by atoms with Gasteiger partial charge in [-0.15, -0.1) is 0 Å². The van der Waals surface area contributed by atoms with Crippen LogP contribution in [0.4, 0.5) is 11.4 Å². The maximum atomic E-state index is 12.3. The summed E-state index contributed by atoms with van der Waals surface area (Å²) in [6, 6.07) is 2.47. The summed E-state index contributed by atoms with van der Waals surface area (Å²) in [7, 11) is 1.15. The fourth-order valence-electron chi connectivity index (χ4n) is 3.18. The monoisotopic (exact) mass is 379 g/mol. The number of carbonyl (C=O) groups is 2. The van der Waals surface area contributed by atoms with E-state index in [1.54, 1.807) is 0 Å². The third-order valence-corrected chi connectivity index (χ3v) is 4.58. The van der Waals surface area contributed by atoms with Crippen LogP contribution < -0.4 is 9.64 Å². The highest BCUT2D eigenvalue weighted by Crippen LogP contribution is 2.38. The van der Waals surface area contributed by atoms with E-state index in [1.165, 1.54) is 17.0 Å². The molecule has 0 unspecified atom stereocenters. The Kier molecular flexibility index (Phi) is 5.87. The number of hydrogen-bond donors (Lipinski definition) is 0. The summed E-state index contributed by atoms with van der Waals surface area (Å²) in [4.78, 5) is 38.6. The van der Waals surface area contributed by atoms with Gasteiger partial charge in [0, 0.05) is 26.2 Å². The number of anilines is 1. The number of fused-ring (bicyclic) bond motifs is 1. The van der Waals surface area contributed by atoms with Crippen molar-refractivity contribution in [3.63, 3.8) is 0 Å². The number of hydrogen-bond acceptors (Lipinski definition) is 8. The number of amides is 1. The largest absolute Gasteiger partial charge is 0.481 e. The summed E-state index contributed by atoms with van der Waals surface area (Å²) in [6.45, 7) is 4.14. The topological polar surface area (TPSA) is 111 Å². The summed E-state index contributed by atoms with van der Waals surface area (Å²) < 4.78 is 15.3. The van der Waals surface area contributed by atoms with Crippen LogP contribution in [0.25, 0.3) is 0 Å². The number of ether oxygens (including phenoxy) is 3. The minimum Gasteiger partial charge on any atom is -0.481 e. The van der Waals surface area contributed by atoms with Crippen molar-refractivity contribution in [3.8, 4) is 5.75 Å². The Balaban J connectivity index is 1.81. The average molecular weight is 379 g/mol. The summed E-state index contributed by atoms with van der Waals surface area (Å²) in [6.07, 6.45) is 0.718. The lowest BCUT2D eigenvalue weighted by molar-refractivity contribution is -0.385. The Bertz CT molecular complexity index is 746. The second-order valence-electron chi connectivity index (χ2n) is 6.23. The summed E-state index contributed by atoms with van der Waals surface area (Å²) in [5.41, 5.74) is -0.278. The van der Waals surface area contributed by atoms with Gasteiger partial charge in [0.1, 0.15) is 5.56 Å². The molecule has 1 aromatic rings. The lowest BCUT2D eigenvalue weighted by Crippen LogP contribution is -2.42. The molecule has 1 fully saturated rings. The van der Waals surface area contributed by atoms with E-state index in [-0.39, 0.29) is 23.8 Å². The van der Waals surface area contributed by atoms with Gasteiger partial charge in [0.2, 0.25) is 0 Å². The van der Waals surface area contributed by atoms with Crippen LogP contribution in [0.15, 0.2) is 12.1 Å². The molecule has 0 radical (unpaired) electrons. The normalized spacial score (nSPS) is 17.2. The summed E-state index contributed by atoms with van der Waals surface area (Å²) >= 11 is 0. The number of nitrogens with zero attached hydrogens (tertiary/aromatic N) is 3. The number of methoxy groups -OCH3 is 1. The third-order valence-electron chi connectivity index (χ3n) is 4.58. The molecule has 0 saturated carbocycles. The van der Waals surface area contributed by atoms with Gasteiger partial charge in [-0.1, -0.05) is 0 Å². The zero-order valence-electron chi connectivity index (χ0n) is 15.0. The lowest BCUT2D eigenvalue weighted by atomic mass is 10.1. The lowest BCUT2D eigenvalue weighted by Gasteiger charge is -2.31. The number of carbonyl (C=O) groups excluding carboxylic acids is 2. The van der Waals surface area contributed by atoms with Gasteiger partial charge >= 0.3 is 5.97 Å². The van der Waals surface area contributed by atoms with E-state index >= 15 is 0 Å². The van der Waals surface area contributed by atoms with Gasteiger partial charge in [-0.2, -0.15) is 0 Å². The molecule has 0 aromatic heterocycles. The van der Waals surface area contributed by atoms with Crippen LogP contribution in [-0.2, 0) is 14.3 Å². The van der Waals surface area contributed by atoms with E-state index in [4.69, 9.17) is 9.47 Å². The quantitative estimate of drug-likeness (QED) is 0.406. The van der Waals surface area contributed by atoms with Crippen LogP contribution in [0.3, 0.4) is 0 Å². The molecule has 10 heteroatoms. The first kappa shape index (κ1) is 19.1. The van der Waals surface area contributed by atoms with Crippen molar-refractivity contribution in [2.45, 2.75) is 6.42 Å². The zero-order valence-corrected chi connectivity index (χ0v) is 15.0. The van der Waals surface area contributed by atoms with Crippen molar-refractivity contribution in [2.24, 2.45) is 0 Å². The molecule has 1 amide bonds. The van der Waals surface area contributed by atoms with E-state index < -0.39 is 16.6 Å². The Morgan fingerprint density at radius 2 is 2.04 bits per heavy atom. The molecule has 0 bridgehead atoms. The van der Waals surface area contributed by atoms with Crippen LogP contribution >= 0.6 is 0 Å². The third kappa shape index (κ3) is 4.17. The Morgan fingerprint density at radius 1 is 1.30 bits per heavy atom. The van der Waals surface area contributed by atoms with Gasteiger partial charge in [0.25, 0.3) is 11.6 Å². The van der Waals surface area contributed by atoms with E-state index in [2.05, 4.69) is 9.64 Å². The van der Waals surface area contributed by atoms with E-state index in [0.29, 0.717) is 25.4 Å². The molecular formula is C17H21N3O7. The van der Waals surface area contributed by atoms with E-state index in [1.807, 2.05) is 0 Å². The molecule has 3 rings (SSSR count). The highest BCUT2D eigenvalue weighted by atomic mass is 16.6. The van der Waals surface area contributed by atoms with E-state index in [0.717, 1.165) is 33.2 Å². The smallest absolute Gasteiger partial charge is 0.344 e. The first-order valence-electron chi connectivity index (χ1n) is 8.65. The van der Waals surface area contributed by atoms with Gasteiger partial charge in [0.15, 0.2) is 12.4 Å². The number of morpholine rings is 1. The van der Waals surface area contributed by atoms with Gasteiger partial charge in [-0.3, -0.25) is 19.8 Å². The van der Waals surface area contributed by atoms with Crippen molar-refractivity contribution in [3.05, 3.63) is 27.8 Å². The van der Waals surface area contributed by atoms with Gasteiger partial charge in [0.05, 0.1) is 37.0 Å². The molecule has 0 aliphatic carbocycles. The number of benzene rings is 1. The van der Waals surface area contributed by atoms with Crippen molar-refractivity contribution in [1.29, 1.82) is 0 Å². The summed E-state index contributed by atoms with van der Waals surface area (Å²) in [5, 5.41) is 11.3. The standard InChI is InChI=1S/C17H21N3O7/c1-25-17(22)12-9-14-15(10-13(12)20(23)24)27-11-16(21)19(14)4-2-3-18-5-7-26-8-6-18/h9-10H,2-8,11H2,1H3. The Labute approximate surface area is 155 Å².